The maximum atomic E-state index is 12.1. The summed E-state index contributed by atoms with van der Waals surface area (Å²) in [5.41, 5.74) is 6.28. The van der Waals surface area contributed by atoms with Crippen LogP contribution in [0.5, 0.6) is 0 Å². The Hall–Kier alpha value is -1.84. The molecular formula is C22H35NO3. The normalized spacial score (nSPS) is 11.9. The van der Waals surface area contributed by atoms with E-state index in [2.05, 4.69) is 6.92 Å². The molecule has 26 heavy (non-hydrogen) atoms. The van der Waals surface area contributed by atoms with Crippen molar-refractivity contribution < 1.29 is 14.3 Å². The molecule has 1 amide bonds. The Morgan fingerprint density at radius 2 is 1.42 bits per heavy atom. The van der Waals surface area contributed by atoms with Crippen molar-refractivity contribution in [3.63, 3.8) is 0 Å². The molecule has 0 fully saturated rings. The van der Waals surface area contributed by atoms with Crippen LogP contribution in [0.2, 0.25) is 0 Å². The highest BCUT2D eigenvalue weighted by Gasteiger charge is 2.26. The first-order valence-corrected chi connectivity index (χ1v) is 10.1. The van der Waals surface area contributed by atoms with Gasteiger partial charge in [-0.25, -0.2) is 0 Å². The zero-order chi connectivity index (χ0) is 19.0. The number of rotatable bonds is 15. The van der Waals surface area contributed by atoms with Gasteiger partial charge in [-0.15, -0.1) is 0 Å². The number of hydrogen-bond acceptors (Lipinski definition) is 3. The number of nitrogens with two attached hydrogens (primary N) is 1. The molecule has 1 atom stereocenters. The van der Waals surface area contributed by atoms with Crippen LogP contribution < -0.4 is 5.73 Å². The second-order valence-electron chi connectivity index (χ2n) is 6.99. The molecule has 0 saturated carbocycles. The summed E-state index contributed by atoms with van der Waals surface area (Å²) in [6, 6.07) is 9.41. The maximum absolute atomic E-state index is 12.1. The lowest BCUT2D eigenvalue weighted by Crippen LogP contribution is -2.33. The van der Waals surface area contributed by atoms with Crippen LogP contribution >= 0.6 is 0 Å². The second-order valence-corrected chi connectivity index (χ2v) is 6.99. The van der Waals surface area contributed by atoms with E-state index in [0.717, 1.165) is 18.4 Å². The first-order valence-electron chi connectivity index (χ1n) is 10.1. The molecule has 4 heteroatoms. The van der Waals surface area contributed by atoms with E-state index in [4.69, 9.17) is 10.5 Å². The average molecular weight is 362 g/mol. The fourth-order valence-electron chi connectivity index (χ4n) is 3.01. The zero-order valence-electron chi connectivity index (χ0n) is 16.3. The summed E-state index contributed by atoms with van der Waals surface area (Å²) in [5, 5.41) is 0. The van der Waals surface area contributed by atoms with Crippen LogP contribution in [-0.4, -0.2) is 18.5 Å². The van der Waals surface area contributed by atoms with Crippen molar-refractivity contribution in [1.82, 2.24) is 0 Å². The van der Waals surface area contributed by atoms with Gasteiger partial charge in [-0.2, -0.15) is 0 Å². The second kappa shape index (κ2) is 14.3. The molecule has 0 radical (unpaired) electrons. The molecule has 0 aliphatic carbocycles. The molecule has 1 rings (SSSR count). The lowest BCUT2D eigenvalue weighted by atomic mass is 9.99. The number of primary amides is 1. The summed E-state index contributed by atoms with van der Waals surface area (Å²) in [6.45, 7) is 2.61. The molecule has 0 aromatic heterocycles. The third kappa shape index (κ3) is 10.2. The number of unbranched alkanes of at least 4 members (excludes halogenated alkanes) is 9. The fraction of sp³-hybridized carbons (Fsp3) is 0.636. The molecule has 1 unspecified atom stereocenters. The smallest absolute Gasteiger partial charge is 0.318 e. The molecule has 4 nitrogen and oxygen atoms in total. The standard InChI is InChI=1S/C22H35NO3/c1-2-3-4-5-6-7-8-9-10-14-17-26-22(25)20(21(23)24)18-19-15-12-11-13-16-19/h11-13,15-16,20H,2-10,14,17-18H2,1H3,(H2,23,24). The first kappa shape index (κ1) is 22.2. The highest BCUT2D eigenvalue weighted by molar-refractivity contribution is 5.97. The van der Waals surface area contributed by atoms with Gasteiger partial charge in [0.2, 0.25) is 5.91 Å². The minimum Gasteiger partial charge on any atom is -0.465 e. The van der Waals surface area contributed by atoms with E-state index in [1.165, 1.54) is 51.4 Å². The Balaban J connectivity index is 2.11. The van der Waals surface area contributed by atoms with Crippen molar-refractivity contribution in [3.8, 4) is 0 Å². The molecule has 0 aliphatic heterocycles. The number of ether oxygens (including phenoxy) is 1. The Bertz CT molecular complexity index is 501. The minimum atomic E-state index is -0.902. The van der Waals surface area contributed by atoms with Gasteiger partial charge in [0.05, 0.1) is 6.61 Å². The quantitative estimate of drug-likeness (QED) is 0.277. The monoisotopic (exact) mass is 361 g/mol. The SMILES string of the molecule is CCCCCCCCCCCCOC(=O)C(Cc1ccccc1)C(N)=O. The highest BCUT2D eigenvalue weighted by atomic mass is 16.5. The van der Waals surface area contributed by atoms with Gasteiger partial charge in [0.1, 0.15) is 5.92 Å². The van der Waals surface area contributed by atoms with E-state index < -0.39 is 17.8 Å². The maximum Gasteiger partial charge on any atom is 0.318 e. The van der Waals surface area contributed by atoms with Gasteiger partial charge >= 0.3 is 5.97 Å². The lowest BCUT2D eigenvalue weighted by molar-refractivity contribution is -0.151. The van der Waals surface area contributed by atoms with Crippen LogP contribution in [0.3, 0.4) is 0 Å². The van der Waals surface area contributed by atoms with E-state index in [-0.39, 0.29) is 0 Å². The summed E-state index contributed by atoms with van der Waals surface area (Å²) >= 11 is 0. The summed E-state index contributed by atoms with van der Waals surface area (Å²) in [4.78, 5) is 23.7. The van der Waals surface area contributed by atoms with Gasteiger partial charge in [-0.05, 0) is 18.4 Å². The van der Waals surface area contributed by atoms with Gasteiger partial charge in [0.25, 0.3) is 0 Å². The predicted octanol–water partition coefficient (Wildman–Crippen LogP) is 4.79. The van der Waals surface area contributed by atoms with Crippen LogP contribution in [0.4, 0.5) is 0 Å². The van der Waals surface area contributed by atoms with Crippen molar-refractivity contribution >= 4 is 11.9 Å². The summed E-state index contributed by atoms with van der Waals surface area (Å²) in [6.07, 6.45) is 12.6. The Morgan fingerprint density at radius 1 is 0.885 bits per heavy atom. The van der Waals surface area contributed by atoms with E-state index in [1.54, 1.807) is 0 Å². The van der Waals surface area contributed by atoms with Crippen molar-refractivity contribution in [2.24, 2.45) is 11.7 Å². The average Bonchev–Trinajstić information content (AvgIpc) is 2.64. The number of carbonyl (C=O) groups is 2. The minimum absolute atomic E-state index is 0.299. The Labute approximate surface area is 158 Å². The summed E-state index contributed by atoms with van der Waals surface area (Å²) in [7, 11) is 0. The molecule has 2 N–H and O–H groups in total. The number of esters is 1. The van der Waals surface area contributed by atoms with Crippen LogP contribution in [-0.2, 0) is 20.7 Å². The molecule has 1 aromatic carbocycles. The number of hydrogen-bond donors (Lipinski definition) is 1. The predicted molar refractivity (Wildman–Crippen MR) is 106 cm³/mol. The van der Waals surface area contributed by atoms with Gasteiger partial charge in [-0.3, -0.25) is 9.59 Å². The largest absolute Gasteiger partial charge is 0.465 e. The molecule has 0 aliphatic rings. The van der Waals surface area contributed by atoms with E-state index in [9.17, 15) is 9.59 Å². The van der Waals surface area contributed by atoms with Gasteiger partial charge in [0, 0.05) is 0 Å². The van der Waals surface area contributed by atoms with E-state index >= 15 is 0 Å². The van der Waals surface area contributed by atoms with Crippen molar-refractivity contribution in [3.05, 3.63) is 35.9 Å². The summed E-state index contributed by atoms with van der Waals surface area (Å²) < 4.78 is 5.27. The number of benzene rings is 1. The summed E-state index contributed by atoms with van der Waals surface area (Å²) in [5.74, 6) is -2.03. The van der Waals surface area contributed by atoms with Crippen molar-refractivity contribution in [2.75, 3.05) is 6.61 Å². The molecule has 0 bridgehead atoms. The topological polar surface area (TPSA) is 69.4 Å². The number of carbonyl (C=O) groups excluding carboxylic acids is 2. The molecule has 146 valence electrons. The van der Waals surface area contributed by atoms with Crippen LogP contribution in [0.25, 0.3) is 0 Å². The van der Waals surface area contributed by atoms with Crippen LogP contribution in [0.15, 0.2) is 30.3 Å². The van der Waals surface area contributed by atoms with Crippen LogP contribution in [0, 0.1) is 5.92 Å². The fourth-order valence-corrected chi connectivity index (χ4v) is 3.01. The molecular weight excluding hydrogens is 326 g/mol. The van der Waals surface area contributed by atoms with Crippen molar-refractivity contribution in [1.29, 1.82) is 0 Å². The lowest BCUT2D eigenvalue weighted by Gasteiger charge is -2.13. The molecule has 0 heterocycles. The van der Waals surface area contributed by atoms with Gasteiger partial charge < -0.3 is 10.5 Å². The zero-order valence-corrected chi connectivity index (χ0v) is 16.3. The molecule has 0 spiro atoms. The Kier molecular flexibility index (Phi) is 12.2. The third-order valence-electron chi connectivity index (χ3n) is 4.65. The van der Waals surface area contributed by atoms with Crippen LogP contribution in [0.1, 0.15) is 76.7 Å². The molecule has 1 aromatic rings. The first-order chi connectivity index (χ1) is 12.6. The highest BCUT2D eigenvalue weighted by Crippen LogP contribution is 2.12. The van der Waals surface area contributed by atoms with Crippen molar-refractivity contribution in [2.45, 2.75) is 77.6 Å². The van der Waals surface area contributed by atoms with Gasteiger partial charge in [-0.1, -0.05) is 95.0 Å². The van der Waals surface area contributed by atoms with Gasteiger partial charge in [0.15, 0.2) is 0 Å². The van der Waals surface area contributed by atoms with E-state index in [1.807, 2.05) is 30.3 Å². The number of amides is 1. The Morgan fingerprint density at radius 3 is 1.96 bits per heavy atom. The molecule has 0 saturated heterocycles. The third-order valence-corrected chi connectivity index (χ3v) is 4.65. The van der Waals surface area contributed by atoms with E-state index in [0.29, 0.717) is 13.0 Å².